The molecule has 0 radical (unpaired) electrons. The van der Waals surface area contributed by atoms with Crippen LogP contribution in [-0.2, 0) is 4.74 Å². The van der Waals surface area contributed by atoms with Crippen LogP contribution >= 0.6 is 11.6 Å². The van der Waals surface area contributed by atoms with E-state index in [0.717, 1.165) is 50.8 Å². The monoisotopic (exact) mass is 452 g/mol. The van der Waals surface area contributed by atoms with E-state index in [9.17, 15) is 0 Å². The Hall–Kier alpha value is -3.17. The van der Waals surface area contributed by atoms with E-state index in [1.54, 1.807) is 6.20 Å². The molecule has 0 saturated carbocycles. The molecule has 0 aliphatic carbocycles. The lowest BCUT2D eigenvalue weighted by molar-refractivity contribution is 0.122. The van der Waals surface area contributed by atoms with Crippen LogP contribution < -0.4 is 20.0 Å². The summed E-state index contributed by atoms with van der Waals surface area (Å²) < 4.78 is 5.50. The van der Waals surface area contributed by atoms with Crippen molar-refractivity contribution in [2.45, 2.75) is 0 Å². The van der Waals surface area contributed by atoms with Crippen LogP contribution in [0.25, 0.3) is 0 Å². The summed E-state index contributed by atoms with van der Waals surface area (Å²) in [7, 11) is 0. The summed E-state index contributed by atoms with van der Waals surface area (Å²) in [6, 6.07) is 13.7. The summed E-state index contributed by atoms with van der Waals surface area (Å²) in [4.78, 5) is 25.2. The summed E-state index contributed by atoms with van der Waals surface area (Å²) in [6.45, 7) is 5.99. The van der Waals surface area contributed by atoms with Crippen molar-refractivity contribution in [3.63, 3.8) is 0 Å². The summed E-state index contributed by atoms with van der Waals surface area (Å²) in [5.74, 6) is 2.71. The maximum absolute atomic E-state index is 6.34. The Balaban J connectivity index is 1.37. The number of nitrogens with zero attached hydrogens (tertiary/aromatic N) is 7. The van der Waals surface area contributed by atoms with Gasteiger partial charge in [-0.15, -0.1) is 0 Å². The Labute approximate surface area is 192 Å². The Bertz CT molecular complexity index is 1040. The molecule has 0 atom stereocenters. The highest BCUT2D eigenvalue weighted by Gasteiger charge is 2.24. The number of para-hydroxylation sites is 1. The summed E-state index contributed by atoms with van der Waals surface area (Å²) >= 11 is 6.34. The summed E-state index contributed by atoms with van der Waals surface area (Å²) in [6.07, 6.45) is 1.77. The van der Waals surface area contributed by atoms with Crippen LogP contribution in [0.4, 0.5) is 29.4 Å². The standard InChI is InChI=1S/C22H25ClN8O/c23-18-7-4-8-24-19(18)29-9-11-30(12-10-29)21-26-20(25-17-5-2-1-3-6-17)27-22(28-21)31-13-15-32-16-14-31/h1-8H,9-16H2,(H,25,26,27,28). The number of ether oxygens (including phenoxy) is 1. The third kappa shape index (κ3) is 4.68. The van der Waals surface area contributed by atoms with Gasteiger partial charge in [-0.1, -0.05) is 29.8 Å². The molecule has 10 heteroatoms. The van der Waals surface area contributed by atoms with Crippen LogP contribution in [0.2, 0.25) is 5.02 Å². The fourth-order valence-electron chi connectivity index (χ4n) is 3.83. The van der Waals surface area contributed by atoms with Crippen LogP contribution in [0.3, 0.4) is 0 Å². The normalized spacial score (nSPS) is 16.8. The molecule has 0 bridgehead atoms. The fraction of sp³-hybridized carbons (Fsp3) is 0.364. The zero-order chi connectivity index (χ0) is 21.8. The molecular formula is C22H25ClN8O. The van der Waals surface area contributed by atoms with Gasteiger partial charge in [0.05, 0.1) is 18.2 Å². The van der Waals surface area contributed by atoms with Gasteiger partial charge < -0.3 is 24.8 Å². The average molecular weight is 453 g/mol. The molecule has 0 spiro atoms. The van der Waals surface area contributed by atoms with Gasteiger partial charge in [0.15, 0.2) is 0 Å². The second kappa shape index (κ2) is 9.54. The van der Waals surface area contributed by atoms with Gasteiger partial charge in [-0.05, 0) is 24.3 Å². The highest BCUT2D eigenvalue weighted by atomic mass is 35.5. The first kappa shape index (κ1) is 20.7. The molecule has 2 aliphatic rings. The molecule has 5 rings (SSSR count). The van der Waals surface area contributed by atoms with Crippen molar-refractivity contribution >= 4 is 41.0 Å². The molecule has 4 heterocycles. The summed E-state index contributed by atoms with van der Waals surface area (Å²) in [5.41, 5.74) is 0.937. The number of hydrogen-bond acceptors (Lipinski definition) is 9. The fourth-order valence-corrected chi connectivity index (χ4v) is 4.08. The number of nitrogens with one attached hydrogen (secondary N) is 1. The molecular weight excluding hydrogens is 428 g/mol. The van der Waals surface area contributed by atoms with Gasteiger partial charge in [-0.3, -0.25) is 0 Å². The van der Waals surface area contributed by atoms with Crippen molar-refractivity contribution in [2.75, 3.05) is 72.5 Å². The Morgan fingerprint density at radius 2 is 1.41 bits per heavy atom. The minimum absolute atomic E-state index is 0.540. The third-order valence-corrected chi connectivity index (χ3v) is 5.83. The van der Waals surface area contributed by atoms with E-state index in [1.165, 1.54) is 0 Å². The molecule has 3 aromatic rings. The number of benzene rings is 1. The van der Waals surface area contributed by atoms with Gasteiger partial charge in [-0.2, -0.15) is 15.0 Å². The number of morpholine rings is 1. The average Bonchev–Trinajstić information content (AvgIpc) is 2.85. The van der Waals surface area contributed by atoms with E-state index in [4.69, 9.17) is 31.3 Å². The second-order valence-corrected chi connectivity index (χ2v) is 8.04. The first-order valence-corrected chi connectivity index (χ1v) is 11.2. The molecule has 2 fully saturated rings. The summed E-state index contributed by atoms with van der Waals surface area (Å²) in [5, 5.41) is 3.99. The van der Waals surface area contributed by atoms with E-state index in [-0.39, 0.29) is 0 Å². The Morgan fingerprint density at radius 3 is 2.09 bits per heavy atom. The minimum Gasteiger partial charge on any atom is -0.378 e. The molecule has 0 amide bonds. The van der Waals surface area contributed by atoms with E-state index < -0.39 is 0 Å². The zero-order valence-electron chi connectivity index (χ0n) is 17.7. The van der Waals surface area contributed by atoms with E-state index in [1.807, 2.05) is 42.5 Å². The molecule has 2 aromatic heterocycles. The van der Waals surface area contributed by atoms with Gasteiger partial charge in [0.1, 0.15) is 5.82 Å². The number of aromatic nitrogens is 4. The highest BCUT2D eigenvalue weighted by Crippen LogP contribution is 2.25. The predicted octanol–water partition coefficient (Wildman–Crippen LogP) is 2.83. The number of anilines is 5. The topological polar surface area (TPSA) is 82.5 Å². The maximum atomic E-state index is 6.34. The third-order valence-electron chi connectivity index (χ3n) is 5.54. The van der Waals surface area contributed by atoms with Gasteiger partial charge >= 0.3 is 0 Å². The quantitative estimate of drug-likeness (QED) is 0.628. The van der Waals surface area contributed by atoms with Crippen molar-refractivity contribution in [3.05, 3.63) is 53.7 Å². The lowest BCUT2D eigenvalue weighted by Crippen LogP contribution is -2.47. The Kier molecular flexibility index (Phi) is 6.17. The van der Waals surface area contributed by atoms with E-state index >= 15 is 0 Å². The number of rotatable bonds is 5. The zero-order valence-corrected chi connectivity index (χ0v) is 18.4. The predicted molar refractivity (Wildman–Crippen MR) is 126 cm³/mol. The molecule has 0 unspecified atom stereocenters. The molecule has 2 saturated heterocycles. The molecule has 1 aromatic carbocycles. The first-order chi connectivity index (χ1) is 15.8. The van der Waals surface area contributed by atoms with Crippen LogP contribution in [0.5, 0.6) is 0 Å². The van der Waals surface area contributed by atoms with Crippen molar-refractivity contribution in [1.82, 2.24) is 19.9 Å². The van der Waals surface area contributed by atoms with E-state index in [0.29, 0.717) is 36.1 Å². The van der Waals surface area contributed by atoms with Gasteiger partial charge in [-0.25, -0.2) is 4.98 Å². The molecule has 166 valence electrons. The lowest BCUT2D eigenvalue weighted by atomic mass is 10.3. The number of pyridine rings is 1. The van der Waals surface area contributed by atoms with Crippen molar-refractivity contribution in [3.8, 4) is 0 Å². The van der Waals surface area contributed by atoms with E-state index in [2.05, 4.69) is 25.0 Å². The number of halogens is 1. The van der Waals surface area contributed by atoms with Gasteiger partial charge in [0.2, 0.25) is 17.8 Å². The SMILES string of the molecule is Clc1cccnc1N1CCN(c2nc(Nc3ccccc3)nc(N3CCOCC3)n2)CC1. The highest BCUT2D eigenvalue weighted by molar-refractivity contribution is 6.32. The van der Waals surface area contributed by atoms with Crippen LogP contribution in [0.1, 0.15) is 0 Å². The smallest absolute Gasteiger partial charge is 0.233 e. The van der Waals surface area contributed by atoms with Crippen molar-refractivity contribution in [2.24, 2.45) is 0 Å². The Morgan fingerprint density at radius 1 is 0.750 bits per heavy atom. The van der Waals surface area contributed by atoms with Gasteiger partial charge in [0, 0.05) is 51.2 Å². The largest absolute Gasteiger partial charge is 0.378 e. The van der Waals surface area contributed by atoms with Crippen LogP contribution in [-0.4, -0.2) is 72.4 Å². The lowest BCUT2D eigenvalue weighted by Gasteiger charge is -2.36. The number of hydrogen-bond donors (Lipinski definition) is 1. The number of piperazine rings is 1. The molecule has 32 heavy (non-hydrogen) atoms. The van der Waals surface area contributed by atoms with Crippen molar-refractivity contribution < 1.29 is 4.74 Å². The molecule has 9 nitrogen and oxygen atoms in total. The minimum atomic E-state index is 0.540. The first-order valence-electron chi connectivity index (χ1n) is 10.8. The van der Waals surface area contributed by atoms with Gasteiger partial charge in [0.25, 0.3) is 0 Å². The molecule has 2 aliphatic heterocycles. The van der Waals surface area contributed by atoms with Crippen LogP contribution in [0.15, 0.2) is 48.7 Å². The second-order valence-electron chi connectivity index (χ2n) is 7.63. The maximum Gasteiger partial charge on any atom is 0.233 e. The molecule has 1 N–H and O–H groups in total. The van der Waals surface area contributed by atoms with Crippen molar-refractivity contribution in [1.29, 1.82) is 0 Å². The van der Waals surface area contributed by atoms with Crippen LogP contribution in [0, 0.1) is 0 Å².